The molecule has 3 aromatic rings. The van der Waals surface area contributed by atoms with E-state index in [-0.39, 0.29) is 29.8 Å². The fourth-order valence-electron chi connectivity index (χ4n) is 6.91. The number of carbonyl (C=O) groups excluding carboxylic acids is 2. The van der Waals surface area contributed by atoms with Crippen molar-refractivity contribution >= 4 is 37.7 Å². The summed E-state index contributed by atoms with van der Waals surface area (Å²) in [5.74, 6) is 2.57. The molecule has 16 nitrogen and oxygen atoms in total. The SMILES string of the molecule is COc1cc(-n2c(C)ccc2C)ncc1N1CCN(C(=O)OC(C)(C)C)[C@H](CO[Si](C)(C)C(C)(C)C)C1.COc1cc(N)ncc1N1CCN(C(=O)OC(C)(C)C)[C@H](CO)C1. The summed E-state index contributed by atoms with van der Waals surface area (Å²) in [4.78, 5) is 42.0. The van der Waals surface area contributed by atoms with E-state index >= 15 is 0 Å². The lowest BCUT2D eigenvalue weighted by Gasteiger charge is -2.44. The number of carbonyl (C=O) groups is 2. The zero-order chi connectivity index (χ0) is 45.7. The van der Waals surface area contributed by atoms with Gasteiger partial charge in [0.15, 0.2) is 8.32 Å². The summed E-state index contributed by atoms with van der Waals surface area (Å²) in [6.45, 7) is 30.0. The van der Waals surface area contributed by atoms with Crippen molar-refractivity contribution in [2.75, 3.05) is 82.2 Å². The number of nitrogens with zero attached hydrogens (tertiary/aromatic N) is 7. The molecular weight excluding hydrogens is 797 g/mol. The van der Waals surface area contributed by atoms with Crippen LogP contribution >= 0.6 is 0 Å². The summed E-state index contributed by atoms with van der Waals surface area (Å²) >= 11 is 0. The maximum Gasteiger partial charge on any atom is 0.410 e. The first-order valence-electron chi connectivity index (χ1n) is 21.0. The van der Waals surface area contributed by atoms with Gasteiger partial charge in [0.2, 0.25) is 0 Å². The predicted molar refractivity (Wildman–Crippen MR) is 243 cm³/mol. The first-order valence-corrected chi connectivity index (χ1v) is 23.9. The van der Waals surface area contributed by atoms with Gasteiger partial charge in [-0.15, -0.1) is 0 Å². The van der Waals surface area contributed by atoms with Crippen molar-refractivity contribution in [3.05, 3.63) is 48.0 Å². The van der Waals surface area contributed by atoms with Gasteiger partial charge < -0.3 is 48.6 Å². The third kappa shape index (κ3) is 12.7. The fourth-order valence-corrected chi connectivity index (χ4v) is 7.95. The number of methoxy groups -OCH3 is 2. The van der Waals surface area contributed by atoms with Crippen molar-refractivity contribution < 1.29 is 38.1 Å². The Morgan fingerprint density at radius 3 is 1.67 bits per heavy atom. The number of anilines is 3. The van der Waals surface area contributed by atoms with Crippen molar-refractivity contribution in [2.45, 2.75) is 118 Å². The largest absolute Gasteiger partial charge is 0.494 e. The number of piperazine rings is 2. The van der Waals surface area contributed by atoms with E-state index in [2.05, 4.69) is 74.3 Å². The van der Waals surface area contributed by atoms with Crippen LogP contribution in [0.25, 0.3) is 5.82 Å². The van der Waals surface area contributed by atoms with Gasteiger partial charge in [0.05, 0.1) is 63.3 Å². The molecule has 0 spiro atoms. The van der Waals surface area contributed by atoms with E-state index in [1.54, 1.807) is 31.4 Å². The topological polar surface area (TPSA) is 170 Å². The average Bonchev–Trinajstić information content (AvgIpc) is 3.51. The number of nitrogen functional groups attached to an aromatic ring is 1. The van der Waals surface area contributed by atoms with Crippen LogP contribution in [-0.2, 0) is 13.9 Å². The van der Waals surface area contributed by atoms with Crippen LogP contribution in [0.15, 0.2) is 36.7 Å². The van der Waals surface area contributed by atoms with Gasteiger partial charge in [-0.05, 0) is 85.7 Å². The van der Waals surface area contributed by atoms with Gasteiger partial charge in [-0.1, -0.05) is 20.8 Å². The Kier molecular flexibility index (Phi) is 15.7. The normalized spacial score (nSPS) is 17.7. The maximum absolute atomic E-state index is 13.2. The van der Waals surface area contributed by atoms with Gasteiger partial charge in [0.25, 0.3) is 0 Å². The third-order valence-corrected chi connectivity index (χ3v) is 15.7. The summed E-state index contributed by atoms with van der Waals surface area (Å²) < 4.78 is 31.1. The summed E-state index contributed by atoms with van der Waals surface area (Å²) in [7, 11) is 1.25. The monoisotopic (exact) mass is 869 g/mol. The van der Waals surface area contributed by atoms with Crippen LogP contribution in [0.2, 0.25) is 18.1 Å². The molecule has 0 saturated carbocycles. The molecule has 2 aliphatic heterocycles. The molecule has 2 fully saturated rings. The molecule has 17 heteroatoms. The second-order valence-corrected chi connectivity index (χ2v) is 24.1. The van der Waals surface area contributed by atoms with Crippen molar-refractivity contribution in [1.82, 2.24) is 24.3 Å². The number of hydrogen-bond donors (Lipinski definition) is 2. The summed E-state index contributed by atoms with van der Waals surface area (Å²) in [6, 6.07) is 7.28. The van der Waals surface area contributed by atoms with Gasteiger partial charge in [0, 0.05) is 62.8 Å². The van der Waals surface area contributed by atoms with E-state index in [0.717, 1.165) is 34.3 Å². The molecule has 5 heterocycles. The lowest BCUT2D eigenvalue weighted by atomic mass is 10.1. The molecule has 2 amide bonds. The zero-order valence-corrected chi connectivity index (χ0v) is 40.3. The molecule has 3 N–H and O–H groups in total. The first-order chi connectivity index (χ1) is 28.3. The number of aliphatic hydroxyl groups is 1. The molecule has 0 aliphatic carbocycles. The highest BCUT2D eigenvalue weighted by Gasteiger charge is 2.41. The Labute approximate surface area is 364 Å². The van der Waals surface area contributed by atoms with Crippen LogP contribution in [0.3, 0.4) is 0 Å². The molecule has 61 heavy (non-hydrogen) atoms. The Morgan fingerprint density at radius 1 is 0.754 bits per heavy atom. The Hall–Kier alpha value is -4.74. The molecule has 0 bridgehead atoms. The molecule has 0 radical (unpaired) electrons. The Balaban J connectivity index is 0.000000294. The fraction of sp³-hybridized carbons (Fsp3) is 0.636. The second-order valence-electron chi connectivity index (χ2n) is 19.2. The molecular formula is C44H72N8O8Si. The molecule has 2 atom stereocenters. The van der Waals surface area contributed by atoms with Gasteiger partial charge in [-0.2, -0.15) is 0 Å². The standard InChI is InChI=1S/C28H46N4O4Si.C16H26N4O4/c1-20-12-13-21(2)32(20)25-16-24(34-9)23(17-29-25)30-14-15-31(26(33)36-27(3,4)5)22(18-30)19-35-37(10,11)28(6,7)8;1-16(2,3)24-15(22)20-6-5-19(9-11(20)10-21)12-8-18-14(17)7-13(12)23-4/h12-13,16-17,22H,14-15,18-19H2,1-11H3;7-8,11,21H,5-6,9-10H2,1-4H3,(H2,17,18)/t22-;11-/m00/s1. The molecule has 3 aromatic heterocycles. The maximum atomic E-state index is 13.2. The molecule has 0 unspecified atom stereocenters. The third-order valence-electron chi connectivity index (χ3n) is 11.2. The molecule has 2 saturated heterocycles. The van der Waals surface area contributed by atoms with Crippen LogP contribution in [0.1, 0.15) is 73.7 Å². The van der Waals surface area contributed by atoms with Gasteiger partial charge in [-0.3, -0.25) is 9.80 Å². The number of hydrogen-bond acceptors (Lipinski definition) is 13. The highest BCUT2D eigenvalue weighted by molar-refractivity contribution is 6.74. The van der Waals surface area contributed by atoms with Crippen LogP contribution < -0.4 is 25.0 Å². The molecule has 5 rings (SSSR count). The molecule has 340 valence electrons. The van der Waals surface area contributed by atoms with Gasteiger partial charge in [-0.25, -0.2) is 19.6 Å². The van der Waals surface area contributed by atoms with Crippen molar-refractivity contribution in [2.24, 2.45) is 0 Å². The molecule has 2 aliphatic rings. The van der Waals surface area contributed by atoms with E-state index in [1.807, 2.05) is 63.6 Å². The number of rotatable bonds is 9. The van der Waals surface area contributed by atoms with Crippen LogP contribution in [0, 0.1) is 13.8 Å². The number of aliphatic hydroxyl groups excluding tert-OH is 1. The average molecular weight is 869 g/mol. The lowest BCUT2D eigenvalue weighted by Crippen LogP contribution is -2.59. The highest BCUT2D eigenvalue weighted by atomic mass is 28.4. The van der Waals surface area contributed by atoms with Crippen LogP contribution in [0.5, 0.6) is 11.5 Å². The van der Waals surface area contributed by atoms with E-state index < -0.39 is 25.6 Å². The second kappa shape index (κ2) is 19.5. The number of aromatic nitrogens is 3. The highest BCUT2D eigenvalue weighted by Crippen LogP contribution is 2.38. The minimum absolute atomic E-state index is 0.0792. The van der Waals surface area contributed by atoms with E-state index in [4.69, 9.17) is 34.1 Å². The van der Waals surface area contributed by atoms with E-state index in [1.165, 1.54) is 0 Å². The lowest BCUT2D eigenvalue weighted by molar-refractivity contribution is 0.00649. The van der Waals surface area contributed by atoms with Crippen LogP contribution in [0.4, 0.5) is 26.8 Å². The minimum Gasteiger partial charge on any atom is -0.494 e. The summed E-state index contributed by atoms with van der Waals surface area (Å²) in [6.07, 6.45) is 2.81. The van der Waals surface area contributed by atoms with Crippen molar-refractivity contribution in [3.8, 4) is 17.3 Å². The van der Waals surface area contributed by atoms with Crippen LogP contribution in [-0.4, -0.2) is 140 Å². The van der Waals surface area contributed by atoms with Crippen molar-refractivity contribution in [1.29, 1.82) is 0 Å². The Morgan fingerprint density at radius 2 is 1.21 bits per heavy atom. The number of nitrogens with two attached hydrogens (primary N) is 1. The van der Waals surface area contributed by atoms with E-state index in [9.17, 15) is 14.7 Å². The predicted octanol–water partition coefficient (Wildman–Crippen LogP) is 7.04. The smallest absolute Gasteiger partial charge is 0.410 e. The summed E-state index contributed by atoms with van der Waals surface area (Å²) in [5, 5.41) is 9.78. The van der Waals surface area contributed by atoms with Gasteiger partial charge in [0.1, 0.15) is 34.3 Å². The number of pyridine rings is 2. The summed E-state index contributed by atoms with van der Waals surface area (Å²) in [5.41, 5.74) is 8.49. The van der Waals surface area contributed by atoms with Crippen molar-refractivity contribution in [3.63, 3.8) is 0 Å². The van der Waals surface area contributed by atoms with Gasteiger partial charge >= 0.3 is 12.2 Å². The minimum atomic E-state index is -2.01. The zero-order valence-electron chi connectivity index (χ0n) is 39.3. The quantitative estimate of drug-likeness (QED) is 0.210. The molecule has 0 aromatic carbocycles. The number of aryl methyl sites for hydroxylation is 2. The first kappa shape index (κ1) is 48.9. The number of ether oxygens (including phenoxy) is 4. The van der Waals surface area contributed by atoms with E-state index in [0.29, 0.717) is 57.4 Å². The Bertz CT molecular complexity index is 1930. The number of amides is 2.